The topological polar surface area (TPSA) is 23.4 Å². The summed E-state index contributed by atoms with van der Waals surface area (Å²) in [4.78, 5) is 0. The van der Waals surface area contributed by atoms with Crippen LogP contribution in [0, 0.1) is 0 Å². The SMILES string of the molecule is CC(C)(C)c1ccc2c(c1)Oc1cc(-n3c4ccccc4c4ccc5c(c43)-c3ccccc3C5(C)C)cc3c1B2c1ccc(C(C)(C)C)cc1O3. The first kappa shape index (κ1) is 30.6. The molecule has 3 nitrogen and oxygen atoms in total. The first-order chi connectivity index (χ1) is 24.3. The predicted molar refractivity (Wildman–Crippen MR) is 213 cm³/mol. The van der Waals surface area contributed by atoms with Gasteiger partial charge in [-0.15, -0.1) is 0 Å². The lowest BCUT2D eigenvalue weighted by atomic mass is 9.34. The van der Waals surface area contributed by atoms with Crippen molar-refractivity contribution in [1.82, 2.24) is 4.57 Å². The zero-order valence-electron chi connectivity index (χ0n) is 30.7. The maximum Gasteiger partial charge on any atom is 0.260 e. The lowest BCUT2D eigenvalue weighted by Crippen LogP contribution is -2.57. The minimum absolute atomic E-state index is 0.00567. The minimum Gasteiger partial charge on any atom is -0.458 e. The number of fused-ring (bicyclic) bond motifs is 11. The van der Waals surface area contributed by atoms with Gasteiger partial charge in [0.05, 0.1) is 16.7 Å². The van der Waals surface area contributed by atoms with Gasteiger partial charge < -0.3 is 14.0 Å². The maximum atomic E-state index is 7.00. The molecular weight excluding hydrogens is 621 g/mol. The molecule has 0 spiro atoms. The van der Waals surface area contributed by atoms with Crippen LogP contribution in [0.3, 0.4) is 0 Å². The van der Waals surface area contributed by atoms with E-state index in [0.29, 0.717) is 0 Å². The number of rotatable bonds is 1. The van der Waals surface area contributed by atoms with Gasteiger partial charge in [-0.25, -0.2) is 0 Å². The summed E-state index contributed by atoms with van der Waals surface area (Å²) in [5, 5.41) is 2.49. The first-order valence-corrected chi connectivity index (χ1v) is 18.3. The molecule has 0 radical (unpaired) electrons. The first-order valence-electron chi connectivity index (χ1n) is 18.3. The molecule has 0 saturated carbocycles. The Hall–Kier alpha value is -5.22. The molecule has 0 atom stereocenters. The summed E-state index contributed by atoms with van der Waals surface area (Å²) in [6.45, 7) is 18.3. The molecule has 0 fully saturated rings. The molecule has 1 aromatic heterocycles. The van der Waals surface area contributed by atoms with Gasteiger partial charge in [-0.3, -0.25) is 0 Å². The van der Waals surface area contributed by atoms with Gasteiger partial charge in [-0.05, 0) is 67.8 Å². The van der Waals surface area contributed by atoms with Crippen LogP contribution in [0.1, 0.15) is 77.6 Å². The molecule has 0 N–H and O–H groups in total. The molecule has 4 heteroatoms. The highest BCUT2D eigenvalue weighted by atomic mass is 16.5. The summed E-state index contributed by atoms with van der Waals surface area (Å²) in [5.41, 5.74) is 14.7. The summed E-state index contributed by atoms with van der Waals surface area (Å²) in [6.07, 6.45) is 0. The molecule has 0 saturated heterocycles. The Morgan fingerprint density at radius 1 is 0.569 bits per heavy atom. The fourth-order valence-corrected chi connectivity index (χ4v) is 9.05. The van der Waals surface area contributed by atoms with Crippen molar-refractivity contribution in [1.29, 1.82) is 0 Å². The van der Waals surface area contributed by atoms with Gasteiger partial charge in [0, 0.05) is 39.3 Å². The van der Waals surface area contributed by atoms with Crippen LogP contribution in [0.15, 0.2) is 109 Å². The van der Waals surface area contributed by atoms with Crippen molar-refractivity contribution in [3.63, 3.8) is 0 Å². The Balaban J connectivity index is 1.28. The Labute approximate surface area is 300 Å². The number of para-hydroxylation sites is 1. The normalized spacial score (nSPS) is 15.1. The van der Waals surface area contributed by atoms with Crippen LogP contribution in [0.25, 0.3) is 38.6 Å². The van der Waals surface area contributed by atoms with Crippen molar-refractivity contribution in [2.75, 3.05) is 0 Å². The molecule has 10 rings (SSSR count). The lowest BCUT2D eigenvalue weighted by molar-refractivity contribution is 0.461. The number of aromatic nitrogens is 1. The molecule has 3 heterocycles. The van der Waals surface area contributed by atoms with Crippen molar-refractivity contribution < 1.29 is 9.47 Å². The standard InChI is InChI=1S/C47H42BNO2/c1-45(2,3)27-17-21-35-38(23-27)50-40-25-29(26-41-43(40)48(35)36-22-18-28(46(4,5)6)24-39(36)51-41)49-37-16-12-10-13-30(37)31-19-20-34-42(44(31)49)32-14-9-11-15-33(32)47(34,7)8/h9-26H,1-8H3. The number of hydrogen-bond acceptors (Lipinski definition) is 2. The second-order valence-corrected chi connectivity index (χ2v) is 17.4. The Morgan fingerprint density at radius 2 is 1.16 bits per heavy atom. The van der Waals surface area contributed by atoms with Gasteiger partial charge in [-0.2, -0.15) is 0 Å². The monoisotopic (exact) mass is 663 g/mol. The summed E-state index contributed by atoms with van der Waals surface area (Å²) >= 11 is 0. The molecule has 7 aromatic rings. The molecular formula is C47H42BNO2. The number of ether oxygens (including phenoxy) is 2. The van der Waals surface area contributed by atoms with Gasteiger partial charge >= 0.3 is 0 Å². The van der Waals surface area contributed by atoms with E-state index in [9.17, 15) is 0 Å². The predicted octanol–water partition coefficient (Wildman–Crippen LogP) is 10.4. The van der Waals surface area contributed by atoms with Crippen LogP contribution in [-0.2, 0) is 16.2 Å². The molecule has 2 aliphatic heterocycles. The third-order valence-electron chi connectivity index (χ3n) is 11.8. The average Bonchev–Trinajstić information content (AvgIpc) is 3.55. The quantitative estimate of drug-likeness (QED) is 0.163. The van der Waals surface area contributed by atoms with E-state index < -0.39 is 0 Å². The van der Waals surface area contributed by atoms with E-state index in [0.717, 1.165) is 34.1 Å². The molecule has 0 amide bonds. The third kappa shape index (κ3) is 4.20. The van der Waals surface area contributed by atoms with E-state index in [1.54, 1.807) is 0 Å². The molecule has 1 aliphatic carbocycles. The smallest absolute Gasteiger partial charge is 0.260 e. The van der Waals surface area contributed by atoms with Crippen LogP contribution in [0.5, 0.6) is 23.0 Å². The summed E-state index contributed by atoms with van der Waals surface area (Å²) in [5.74, 6) is 3.57. The van der Waals surface area contributed by atoms with Crippen molar-refractivity contribution >= 4 is 44.9 Å². The molecule has 0 unspecified atom stereocenters. The summed E-state index contributed by atoms with van der Waals surface area (Å²) in [6, 6.07) is 40.6. The van der Waals surface area contributed by atoms with E-state index in [-0.39, 0.29) is 23.0 Å². The fourth-order valence-electron chi connectivity index (χ4n) is 9.05. The Kier molecular flexibility index (Phi) is 5.98. The largest absolute Gasteiger partial charge is 0.458 e. The minimum atomic E-state index is -0.106. The van der Waals surface area contributed by atoms with Gasteiger partial charge in [0.1, 0.15) is 23.0 Å². The maximum absolute atomic E-state index is 7.00. The van der Waals surface area contributed by atoms with Crippen LogP contribution in [0.4, 0.5) is 0 Å². The number of hydrogen-bond donors (Lipinski definition) is 0. The molecule has 6 aromatic carbocycles. The third-order valence-corrected chi connectivity index (χ3v) is 11.8. The second-order valence-electron chi connectivity index (χ2n) is 17.4. The highest BCUT2D eigenvalue weighted by Crippen LogP contribution is 2.53. The van der Waals surface area contributed by atoms with Gasteiger partial charge in [0.2, 0.25) is 0 Å². The molecule has 0 bridgehead atoms. The highest BCUT2D eigenvalue weighted by molar-refractivity contribution is 6.98. The highest BCUT2D eigenvalue weighted by Gasteiger charge is 2.42. The van der Waals surface area contributed by atoms with Crippen molar-refractivity contribution in [2.45, 2.75) is 71.6 Å². The second kappa shape index (κ2) is 9.97. The van der Waals surface area contributed by atoms with E-state index in [1.165, 1.54) is 66.1 Å². The van der Waals surface area contributed by atoms with Crippen LogP contribution in [0.2, 0.25) is 0 Å². The van der Waals surface area contributed by atoms with E-state index >= 15 is 0 Å². The van der Waals surface area contributed by atoms with E-state index in [1.807, 2.05) is 0 Å². The van der Waals surface area contributed by atoms with Crippen molar-refractivity contribution in [2.24, 2.45) is 0 Å². The lowest BCUT2D eigenvalue weighted by Gasteiger charge is -2.35. The Bertz CT molecular complexity index is 2560. The van der Waals surface area contributed by atoms with E-state index in [2.05, 4.69) is 169 Å². The summed E-state index contributed by atoms with van der Waals surface area (Å²) in [7, 11) is 0. The van der Waals surface area contributed by atoms with Gasteiger partial charge in [0.25, 0.3) is 6.71 Å². The van der Waals surface area contributed by atoms with Gasteiger partial charge in [-0.1, -0.05) is 134 Å². The van der Waals surface area contributed by atoms with Crippen LogP contribution < -0.4 is 25.9 Å². The van der Waals surface area contributed by atoms with E-state index in [4.69, 9.17) is 9.47 Å². The number of benzene rings is 6. The van der Waals surface area contributed by atoms with Crippen molar-refractivity contribution in [3.05, 3.63) is 131 Å². The van der Waals surface area contributed by atoms with Crippen molar-refractivity contribution in [3.8, 4) is 39.8 Å². The molecule has 51 heavy (non-hydrogen) atoms. The summed E-state index contributed by atoms with van der Waals surface area (Å²) < 4.78 is 16.5. The Morgan fingerprint density at radius 3 is 1.78 bits per heavy atom. The van der Waals surface area contributed by atoms with Crippen LogP contribution >= 0.6 is 0 Å². The molecule has 3 aliphatic rings. The zero-order valence-corrected chi connectivity index (χ0v) is 30.7. The fraction of sp³-hybridized carbons (Fsp3) is 0.234. The van der Waals surface area contributed by atoms with Crippen LogP contribution in [-0.4, -0.2) is 11.3 Å². The zero-order chi connectivity index (χ0) is 35.2. The average molecular weight is 664 g/mol. The number of nitrogens with zero attached hydrogens (tertiary/aromatic N) is 1. The van der Waals surface area contributed by atoms with Gasteiger partial charge in [0.15, 0.2) is 0 Å². The molecule has 250 valence electrons.